The van der Waals surface area contributed by atoms with E-state index in [1.54, 1.807) is 18.2 Å². The van der Waals surface area contributed by atoms with Crippen LogP contribution >= 0.6 is 11.6 Å². The number of rotatable bonds is 2. The molecule has 5 nitrogen and oxygen atoms in total. The smallest absolute Gasteiger partial charge is 0.319 e. The van der Waals surface area contributed by atoms with Gasteiger partial charge in [0.05, 0.1) is 12.2 Å². The van der Waals surface area contributed by atoms with E-state index in [4.69, 9.17) is 16.7 Å². The Balaban J connectivity index is 2.26. The second kappa shape index (κ2) is 4.11. The predicted molar refractivity (Wildman–Crippen MR) is 58.6 cm³/mol. The summed E-state index contributed by atoms with van der Waals surface area (Å²) in [5.41, 5.74) is 3.94. The highest BCUT2D eigenvalue weighted by Gasteiger charge is 2.23. The number of nitrogens with one attached hydrogen (secondary N) is 1. The van der Waals surface area contributed by atoms with Crippen molar-refractivity contribution in [1.29, 1.82) is 0 Å². The molecule has 0 radical (unpaired) electrons. The fraction of sp³-hybridized carbons (Fsp3) is 0.200. The van der Waals surface area contributed by atoms with E-state index in [2.05, 4.69) is 5.43 Å². The topological polar surface area (TPSA) is 69.6 Å². The summed E-state index contributed by atoms with van der Waals surface area (Å²) in [4.78, 5) is 22.2. The van der Waals surface area contributed by atoms with Crippen molar-refractivity contribution >= 4 is 29.0 Å². The number of aliphatic carboxylic acids is 1. The van der Waals surface area contributed by atoms with Crippen molar-refractivity contribution in [3.63, 3.8) is 0 Å². The van der Waals surface area contributed by atoms with Crippen LogP contribution in [0, 0.1) is 0 Å². The molecule has 0 aromatic heterocycles. The fourth-order valence-corrected chi connectivity index (χ4v) is 1.74. The summed E-state index contributed by atoms with van der Waals surface area (Å²) in [5, 5.41) is 10.5. The maximum atomic E-state index is 11.7. The lowest BCUT2D eigenvalue weighted by atomic mass is 10.1. The normalized spacial score (nSPS) is 15.4. The van der Waals surface area contributed by atoms with Crippen molar-refractivity contribution < 1.29 is 14.7 Å². The molecule has 6 heteroatoms. The molecule has 0 aliphatic carbocycles. The van der Waals surface area contributed by atoms with Crippen LogP contribution in [0.2, 0.25) is 5.02 Å². The van der Waals surface area contributed by atoms with Gasteiger partial charge < -0.3 is 10.5 Å². The number of hydrazine groups is 1. The van der Waals surface area contributed by atoms with E-state index < -0.39 is 5.97 Å². The molecular formula is C10H9ClN2O3. The predicted octanol–water partition coefficient (Wildman–Crippen LogP) is 1.25. The average molecular weight is 241 g/mol. The Kier molecular flexibility index (Phi) is 2.80. The van der Waals surface area contributed by atoms with Crippen LogP contribution in [0.4, 0.5) is 5.69 Å². The Morgan fingerprint density at radius 1 is 1.56 bits per heavy atom. The molecule has 2 N–H and O–H groups in total. The summed E-state index contributed by atoms with van der Waals surface area (Å²) in [7, 11) is 0. The molecule has 1 heterocycles. The third-order valence-electron chi connectivity index (χ3n) is 2.22. The van der Waals surface area contributed by atoms with E-state index in [1.807, 2.05) is 0 Å². The Bertz CT molecular complexity index is 461. The number of ketones is 1. The molecule has 2 rings (SSSR count). The number of carbonyl (C=O) groups excluding carboxylic acids is 1. The number of carbonyl (C=O) groups is 2. The Morgan fingerprint density at radius 3 is 3.00 bits per heavy atom. The van der Waals surface area contributed by atoms with E-state index in [9.17, 15) is 9.59 Å². The quantitative estimate of drug-likeness (QED) is 0.814. The molecule has 0 spiro atoms. The molecule has 0 saturated carbocycles. The Morgan fingerprint density at radius 2 is 2.31 bits per heavy atom. The molecule has 0 amide bonds. The van der Waals surface area contributed by atoms with Gasteiger partial charge in [-0.1, -0.05) is 11.6 Å². The minimum Gasteiger partial charge on any atom is -0.480 e. The summed E-state index contributed by atoms with van der Waals surface area (Å²) < 4.78 is 0. The van der Waals surface area contributed by atoms with Crippen LogP contribution in [0.1, 0.15) is 10.4 Å². The Hall–Kier alpha value is -1.59. The molecule has 1 aromatic rings. The zero-order chi connectivity index (χ0) is 11.7. The van der Waals surface area contributed by atoms with Crippen molar-refractivity contribution in [1.82, 2.24) is 5.01 Å². The zero-order valence-corrected chi connectivity index (χ0v) is 8.99. The molecule has 16 heavy (non-hydrogen) atoms. The molecule has 1 aliphatic heterocycles. The van der Waals surface area contributed by atoms with Crippen LogP contribution in [-0.2, 0) is 4.79 Å². The average Bonchev–Trinajstić information content (AvgIpc) is 2.18. The maximum absolute atomic E-state index is 11.7. The highest BCUT2D eigenvalue weighted by molar-refractivity contribution is 6.31. The lowest BCUT2D eigenvalue weighted by Gasteiger charge is -2.27. The van der Waals surface area contributed by atoms with Crippen LogP contribution in [0.3, 0.4) is 0 Å². The summed E-state index contributed by atoms with van der Waals surface area (Å²) in [6.45, 7) is -0.201. The summed E-state index contributed by atoms with van der Waals surface area (Å²) >= 11 is 5.77. The molecule has 0 saturated heterocycles. The van der Waals surface area contributed by atoms with Crippen molar-refractivity contribution in [2.45, 2.75) is 0 Å². The van der Waals surface area contributed by atoms with Crippen molar-refractivity contribution in [2.75, 3.05) is 18.5 Å². The van der Waals surface area contributed by atoms with E-state index in [0.717, 1.165) is 0 Å². The molecule has 1 aliphatic rings. The SMILES string of the molecule is O=C(O)CN1CC(=O)c2cc(Cl)ccc2N1. The zero-order valence-electron chi connectivity index (χ0n) is 8.24. The minimum atomic E-state index is -0.988. The second-order valence-corrected chi connectivity index (χ2v) is 3.91. The van der Waals surface area contributed by atoms with E-state index >= 15 is 0 Å². The standard InChI is InChI=1S/C10H9ClN2O3/c11-6-1-2-8-7(3-6)9(14)4-13(12-8)5-10(15)16/h1-3,12H,4-5H2,(H,15,16). The number of benzene rings is 1. The van der Waals surface area contributed by atoms with Crippen LogP contribution in [-0.4, -0.2) is 35.0 Å². The summed E-state index contributed by atoms with van der Waals surface area (Å²) in [6.07, 6.45) is 0. The Labute approximate surface area is 96.6 Å². The molecule has 84 valence electrons. The van der Waals surface area contributed by atoms with Gasteiger partial charge >= 0.3 is 5.97 Å². The summed E-state index contributed by atoms with van der Waals surface area (Å²) in [6, 6.07) is 4.87. The number of halogens is 1. The van der Waals surface area contributed by atoms with Crippen molar-refractivity contribution in [2.24, 2.45) is 0 Å². The van der Waals surface area contributed by atoms with Gasteiger partial charge in [0.25, 0.3) is 0 Å². The number of anilines is 1. The van der Waals surface area contributed by atoms with Crippen molar-refractivity contribution in [3.05, 3.63) is 28.8 Å². The first kappa shape index (κ1) is 10.9. The molecular weight excluding hydrogens is 232 g/mol. The number of nitrogens with zero attached hydrogens (tertiary/aromatic N) is 1. The summed E-state index contributed by atoms with van der Waals surface area (Å²) in [5.74, 6) is -1.13. The van der Waals surface area contributed by atoms with Gasteiger partial charge in [0.15, 0.2) is 5.78 Å². The van der Waals surface area contributed by atoms with Crippen LogP contribution in [0.15, 0.2) is 18.2 Å². The monoisotopic (exact) mass is 240 g/mol. The minimum absolute atomic E-state index is 0.0274. The molecule has 1 aromatic carbocycles. The first-order chi connectivity index (χ1) is 7.56. The van der Waals surface area contributed by atoms with Gasteiger partial charge in [-0.25, -0.2) is 5.01 Å². The first-order valence-electron chi connectivity index (χ1n) is 4.62. The third-order valence-corrected chi connectivity index (χ3v) is 2.46. The van der Waals surface area contributed by atoms with Gasteiger partial charge in [-0.2, -0.15) is 0 Å². The van der Waals surface area contributed by atoms with Crippen LogP contribution < -0.4 is 5.43 Å². The number of hydrogen-bond acceptors (Lipinski definition) is 4. The third kappa shape index (κ3) is 2.15. The second-order valence-electron chi connectivity index (χ2n) is 3.47. The van der Waals surface area contributed by atoms with Crippen LogP contribution in [0.5, 0.6) is 0 Å². The molecule has 0 unspecified atom stereocenters. The van der Waals surface area contributed by atoms with Gasteiger partial charge in [0.2, 0.25) is 0 Å². The number of carboxylic acid groups (broad SMARTS) is 1. The maximum Gasteiger partial charge on any atom is 0.319 e. The number of hydrogen-bond donors (Lipinski definition) is 2. The lowest BCUT2D eigenvalue weighted by molar-refractivity contribution is -0.137. The number of carboxylic acids is 1. The first-order valence-corrected chi connectivity index (χ1v) is 5.00. The lowest BCUT2D eigenvalue weighted by Crippen LogP contribution is -2.42. The molecule has 0 fully saturated rings. The highest BCUT2D eigenvalue weighted by atomic mass is 35.5. The van der Waals surface area contributed by atoms with Gasteiger partial charge in [-0.3, -0.25) is 9.59 Å². The molecule has 0 atom stereocenters. The number of fused-ring (bicyclic) bond motifs is 1. The van der Waals surface area contributed by atoms with Crippen molar-refractivity contribution in [3.8, 4) is 0 Å². The number of Topliss-reactive ketones (excluding diaryl/α,β-unsaturated/α-hetero) is 1. The van der Waals surface area contributed by atoms with Gasteiger partial charge in [0, 0.05) is 10.6 Å². The van der Waals surface area contributed by atoms with E-state index in [1.165, 1.54) is 5.01 Å². The highest BCUT2D eigenvalue weighted by Crippen LogP contribution is 2.24. The largest absolute Gasteiger partial charge is 0.480 e. The van der Waals surface area contributed by atoms with Gasteiger partial charge in [-0.15, -0.1) is 0 Å². The van der Waals surface area contributed by atoms with E-state index in [-0.39, 0.29) is 18.9 Å². The molecule has 0 bridgehead atoms. The van der Waals surface area contributed by atoms with Gasteiger partial charge in [0.1, 0.15) is 6.54 Å². The van der Waals surface area contributed by atoms with Gasteiger partial charge in [-0.05, 0) is 18.2 Å². The van der Waals surface area contributed by atoms with Crippen LogP contribution in [0.25, 0.3) is 0 Å². The fourth-order valence-electron chi connectivity index (χ4n) is 1.57. The van der Waals surface area contributed by atoms with E-state index in [0.29, 0.717) is 16.3 Å².